The van der Waals surface area contributed by atoms with Gasteiger partial charge < -0.3 is 0 Å². The molecule has 3 nitrogen and oxygen atoms in total. The van der Waals surface area contributed by atoms with Gasteiger partial charge in [0.2, 0.25) is 0 Å². The number of rotatable bonds is 0. The minimum absolute atomic E-state index is 0.0370. The van der Waals surface area contributed by atoms with Gasteiger partial charge in [0.15, 0.2) is 0 Å². The van der Waals surface area contributed by atoms with Gasteiger partial charge in [-0.05, 0) is 7.05 Å². The largest absolute Gasteiger partial charge is 0.297 e. The van der Waals surface area contributed by atoms with Crippen LogP contribution in [0.3, 0.4) is 0 Å². The molecule has 0 bridgehead atoms. The van der Waals surface area contributed by atoms with Crippen molar-refractivity contribution >= 4 is 0 Å². The minimum Gasteiger partial charge on any atom is -0.297 e. The van der Waals surface area contributed by atoms with Crippen molar-refractivity contribution in [2.75, 3.05) is 13.6 Å². The lowest BCUT2D eigenvalue weighted by Gasteiger charge is -2.07. The predicted molar refractivity (Wildman–Crippen MR) is 29.5 cm³/mol. The molecule has 1 aliphatic heterocycles. The van der Waals surface area contributed by atoms with E-state index in [2.05, 4.69) is 11.4 Å². The molecule has 0 aromatic heterocycles. The smallest absolute Gasteiger partial charge is 0.111 e. The summed E-state index contributed by atoms with van der Waals surface area (Å²) in [6, 6.07) is 2.18. The van der Waals surface area contributed by atoms with E-state index in [1.807, 2.05) is 18.6 Å². The molecule has 0 aromatic rings. The Bertz CT molecular complexity index is 115. The maximum absolute atomic E-state index is 8.38. The van der Waals surface area contributed by atoms with Gasteiger partial charge >= 0.3 is 0 Å². The van der Waals surface area contributed by atoms with Crippen molar-refractivity contribution in [1.82, 2.24) is 10.2 Å². The third-order valence-electron chi connectivity index (χ3n) is 1.25. The molecule has 3 heteroatoms. The molecular weight excluding hydrogens is 102 g/mol. The summed E-state index contributed by atoms with van der Waals surface area (Å²) in [5, 5.41) is 11.3. The first-order valence-electron chi connectivity index (χ1n) is 2.53. The van der Waals surface area contributed by atoms with Crippen molar-refractivity contribution in [2.45, 2.75) is 6.04 Å². The van der Waals surface area contributed by atoms with Crippen LogP contribution in [0.5, 0.6) is 0 Å². The second-order valence-corrected chi connectivity index (χ2v) is 1.85. The third kappa shape index (κ3) is 0.808. The number of hydrogen-bond acceptors (Lipinski definition) is 3. The average Bonchev–Trinajstić information content (AvgIpc) is 2.14. The quantitative estimate of drug-likeness (QED) is 0.458. The number of likely N-dealkylation sites (N-methyl/N-ethyl adjacent to an activating group) is 1. The number of nitrogens with one attached hydrogen (secondary N) is 1. The monoisotopic (exact) mass is 110 g/mol. The van der Waals surface area contributed by atoms with Gasteiger partial charge in [-0.25, -0.2) is 0 Å². The van der Waals surface area contributed by atoms with E-state index in [9.17, 15) is 0 Å². The van der Waals surface area contributed by atoms with Crippen LogP contribution >= 0.6 is 0 Å². The highest BCUT2D eigenvalue weighted by Gasteiger charge is 2.19. The molecule has 1 radical (unpaired) electrons. The van der Waals surface area contributed by atoms with Gasteiger partial charge in [-0.2, -0.15) is 5.26 Å². The van der Waals surface area contributed by atoms with Crippen molar-refractivity contribution in [3.63, 3.8) is 0 Å². The van der Waals surface area contributed by atoms with Crippen LogP contribution in [0.4, 0.5) is 0 Å². The molecule has 1 aliphatic rings. The maximum Gasteiger partial charge on any atom is 0.111 e. The van der Waals surface area contributed by atoms with E-state index < -0.39 is 0 Å². The van der Waals surface area contributed by atoms with E-state index in [4.69, 9.17) is 5.26 Å². The topological polar surface area (TPSA) is 39.1 Å². The Labute approximate surface area is 48.9 Å². The van der Waals surface area contributed by atoms with E-state index in [-0.39, 0.29) is 6.04 Å². The van der Waals surface area contributed by atoms with Crippen LogP contribution in [0.2, 0.25) is 0 Å². The Kier molecular flexibility index (Phi) is 1.47. The lowest BCUT2D eigenvalue weighted by atomic mass is 10.3. The van der Waals surface area contributed by atoms with Crippen LogP contribution in [-0.4, -0.2) is 24.5 Å². The zero-order valence-electron chi connectivity index (χ0n) is 4.76. The third-order valence-corrected chi connectivity index (χ3v) is 1.25. The fourth-order valence-corrected chi connectivity index (χ4v) is 0.679. The Morgan fingerprint density at radius 2 is 2.75 bits per heavy atom. The van der Waals surface area contributed by atoms with Gasteiger partial charge in [-0.15, -0.1) is 0 Å². The molecule has 0 aromatic carbocycles. The molecule has 1 N–H and O–H groups in total. The molecule has 1 heterocycles. The number of nitrogens with zero attached hydrogens (tertiary/aromatic N) is 2. The van der Waals surface area contributed by atoms with E-state index >= 15 is 0 Å². The highest BCUT2D eigenvalue weighted by molar-refractivity contribution is 4.98. The second-order valence-electron chi connectivity index (χ2n) is 1.85. The molecule has 1 saturated heterocycles. The fourth-order valence-electron chi connectivity index (χ4n) is 0.679. The van der Waals surface area contributed by atoms with Crippen LogP contribution in [0.25, 0.3) is 0 Å². The SMILES string of the molecule is CN1[CH]NCC1C#N. The van der Waals surface area contributed by atoms with E-state index in [1.165, 1.54) is 0 Å². The lowest BCUT2D eigenvalue weighted by molar-refractivity contribution is 0.416. The van der Waals surface area contributed by atoms with Crippen LogP contribution in [0, 0.1) is 18.0 Å². The normalized spacial score (nSPS) is 30.2. The summed E-state index contributed by atoms with van der Waals surface area (Å²) in [4.78, 5) is 1.86. The van der Waals surface area contributed by atoms with Gasteiger partial charge in [0, 0.05) is 6.54 Å². The number of hydrogen-bond donors (Lipinski definition) is 1. The van der Waals surface area contributed by atoms with Crippen LogP contribution in [-0.2, 0) is 0 Å². The van der Waals surface area contributed by atoms with Gasteiger partial charge in [0.05, 0.1) is 12.7 Å². The Balaban J connectivity index is 2.45. The van der Waals surface area contributed by atoms with Crippen LogP contribution in [0.15, 0.2) is 0 Å². The molecule has 43 valence electrons. The summed E-state index contributed by atoms with van der Waals surface area (Å²) >= 11 is 0. The highest BCUT2D eigenvalue weighted by Crippen LogP contribution is 2.00. The van der Waals surface area contributed by atoms with Crippen molar-refractivity contribution in [1.29, 1.82) is 5.26 Å². The average molecular weight is 110 g/mol. The fraction of sp³-hybridized carbons (Fsp3) is 0.600. The Morgan fingerprint density at radius 1 is 2.00 bits per heavy atom. The Hall–Kier alpha value is -0.590. The molecule has 0 amide bonds. The van der Waals surface area contributed by atoms with Crippen molar-refractivity contribution in [2.24, 2.45) is 0 Å². The zero-order valence-corrected chi connectivity index (χ0v) is 4.76. The van der Waals surface area contributed by atoms with Crippen molar-refractivity contribution in [3.8, 4) is 6.07 Å². The van der Waals surface area contributed by atoms with Gasteiger partial charge in [0.1, 0.15) is 6.04 Å². The van der Waals surface area contributed by atoms with Crippen LogP contribution < -0.4 is 5.32 Å². The van der Waals surface area contributed by atoms with E-state index in [0.29, 0.717) is 0 Å². The van der Waals surface area contributed by atoms with Gasteiger partial charge in [-0.1, -0.05) is 0 Å². The summed E-state index contributed by atoms with van der Waals surface area (Å²) < 4.78 is 0. The molecule has 0 saturated carbocycles. The predicted octanol–water partition coefficient (Wildman–Crippen LogP) is -0.467. The van der Waals surface area contributed by atoms with Crippen molar-refractivity contribution < 1.29 is 0 Å². The first-order valence-corrected chi connectivity index (χ1v) is 2.53. The number of nitriles is 1. The van der Waals surface area contributed by atoms with Crippen molar-refractivity contribution in [3.05, 3.63) is 6.67 Å². The summed E-state index contributed by atoms with van der Waals surface area (Å²) in [5.74, 6) is 0. The summed E-state index contributed by atoms with van der Waals surface area (Å²) in [6.45, 7) is 2.57. The standard InChI is InChI=1S/C5H8N3/c1-8-4-7-3-5(8)2-6/h4-5,7H,3H2,1H3. The molecule has 0 aliphatic carbocycles. The Morgan fingerprint density at radius 3 is 3.00 bits per heavy atom. The second kappa shape index (κ2) is 2.12. The maximum atomic E-state index is 8.38. The van der Waals surface area contributed by atoms with Gasteiger partial charge in [-0.3, -0.25) is 10.2 Å². The molecule has 1 fully saturated rings. The summed E-state index contributed by atoms with van der Waals surface area (Å²) in [6.07, 6.45) is 0. The molecule has 1 rings (SSSR count). The molecule has 1 unspecified atom stereocenters. The molecule has 1 atom stereocenters. The minimum atomic E-state index is 0.0370. The lowest BCUT2D eigenvalue weighted by Crippen LogP contribution is -2.22. The van der Waals surface area contributed by atoms with Gasteiger partial charge in [0.25, 0.3) is 0 Å². The van der Waals surface area contributed by atoms with Crippen LogP contribution in [0.1, 0.15) is 0 Å². The molecule has 0 spiro atoms. The first-order chi connectivity index (χ1) is 3.84. The highest BCUT2D eigenvalue weighted by atomic mass is 15.3. The first kappa shape index (κ1) is 5.54. The summed E-state index contributed by atoms with van der Waals surface area (Å²) in [7, 11) is 1.88. The van der Waals surface area contributed by atoms with E-state index in [1.54, 1.807) is 0 Å². The summed E-state index contributed by atoms with van der Waals surface area (Å²) in [5.41, 5.74) is 0. The molecule has 8 heavy (non-hydrogen) atoms. The van der Waals surface area contributed by atoms with E-state index in [0.717, 1.165) is 6.54 Å². The zero-order chi connectivity index (χ0) is 5.98. The molecular formula is C5H8N3.